The molecule has 0 N–H and O–H groups in total. The van der Waals surface area contributed by atoms with Gasteiger partial charge in [0.25, 0.3) is 0 Å². The number of hydrogen-bond donors (Lipinski definition) is 0. The predicted octanol–water partition coefficient (Wildman–Crippen LogP) is 3.39. The van der Waals surface area contributed by atoms with Crippen LogP contribution < -0.4 is 0 Å². The molecule has 0 heterocycles. The zero-order valence-electron chi connectivity index (χ0n) is 5.95. The Morgan fingerprint density at radius 2 is 1.89 bits per heavy atom. The van der Waals surface area contributed by atoms with Gasteiger partial charge in [-0.15, -0.1) is 0 Å². The van der Waals surface area contributed by atoms with Gasteiger partial charge in [0.05, 0.1) is 0 Å². The molecule has 1 unspecified atom stereocenters. The molecule has 1 atom stereocenters. The fraction of sp³-hybridized carbons (Fsp3) is 0.833. The van der Waals surface area contributed by atoms with Crippen LogP contribution in [0, 0.1) is 5.92 Å². The largest absolute Gasteiger partial charge is 0.300 e. The van der Waals surface area contributed by atoms with Gasteiger partial charge in [0.15, 0.2) is 0 Å². The van der Waals surface area contributed by atoms with Crippen LogP contribution in [0.1, 0.15) is 27.2 Å². The van der Waals surface area contributed by atoms with E-state index in [1.165, 1.54) is 0 Å². The van der Waals surface area contributed by atoms with Crippen molar-refractivity contribution < 1.29 is 4.79 Å². The van der Waals surface area contributed by atoms with Crippen molar-refractivity contribution in [1.82, 2.24) is 0 Å². The lowest BCUT2D eigenvalue weighted by molar-refractivity contribution is -0.120. The van der Waals surface area contributed by atoms with E-state index in [9.17, 15) is 4.79 Å². The van der Waals surface area contributed by atoms with Crippen molar-refractivity contribution in [3.8, 4) is 0 Å². The van der Waals surface area contributed by atoms with Crippen LogP contribution in [0.2, 0.25) is 0 Å². The van der Waals surface area contributed by atoms with Crippen molar-refractivity contribution in [2.75, 3.05) is 0 Å². The number of carbonyl (C=O) groups is 1. The molecular formula is C6H12I2O. The smallest absolute Gasteiger partial charge is 0.132 e. The Morgan fingerprint density at radius 3 is 1.89 bits per heavy atom. The number of ketones is 1. The van der Waals surface area contributed by atoms with Crippen molar-refractivity contribution >= 4 is 43.0 Å². The molecule has 0 rings (SSSR count). The molecule has 0 aliphatic heterocycles. The standard InChI is InChI=1S/C6H12O.I2/c1-4-5(2)6(3)7;1-2/h5H,4H2,1-3H3;. The van der Waals surface area contributed by atoms with Gasteiger partial charge >= 0.3 is 0 Å². The van der Waals surface area contributed by atoms with E-state index in [0.29, 0.717) is 5.78 Å². The zero-order valence-corrected chi connectivity index (χ0v) is 10.3. The summed E-state index contributed by atoms with van der Waals surface area (Å²) < 4.78 is 0. The maximum absolute atomic E-state index is 10.4. The summed E-state index contributed by atoms with van der Waals surface area (Å²) in [5.41, 5.74) is 0. The Hall–Kier alpha value is 1.13. The highest BCUT2D eigenvalue weighted by Crippen LogP contribution is 1.99. The third kappa shape index (κ3) is 9.13. The zero-order chi connectivity index (χ0) is 7.86. The molecule has 0 fully saturated rings. The molecule has 3 heteroatoms. The average molecular weight is 354 g/mol. The maximum Gasteiger partial charge on any atom is 0.132 e. The first-order chi connectivity index (χ1) is 4.18. The van der Waals surface area contributed by atoms with Crippen LogP contribution >= 0.6 is 37.2 Å². The molecular weight excluding hydrogens is 342 g/mol. The number of hydrogen-bond acceptors (Lipinski definition) is 1. The van der Waals surface area contributed by atoms with E-state index in [0.717, 1.165) is 6.42 Å². The molecule has 0 aromatic rings. The Bertz CT molecular complexity index is 73.5. The second-order valence-corrected chi connectivity index (χ2v) is 1.92. The number of carbonyl (C=O) groups excluding carboxylic acids is 1. The normalized spacial score (nSPS) is 11.2. The summed E-state index contributed by atoms with van der Waals surface area (Å²) in [4.78, 5) is 10.4. The van der Waals surface area contributed by atoms with Gasteiger partial charge in [0.1, 0.15) is 5.78 Å². The molecule has 0 saturated carbocycles. The van der Waals surface area contributed by atoms with Crippen molar-refractivity contribution in [1.29, 1.82) is 0 Å². The molecule has 0 spiro atoms. The van der Waals surface area contributed by atoms with E-state index in [-0.39, 0.29) is 5.92 Å². The van der Waals surface area contributed by atoms with Gasteiger partial charge in [-0.3, -0.25) is 4.79 Å². The van der Waals surface area contributed by atoms with E-state index in [1.54, 1.807) is 6.92 Å². The van der Waals surface area contributed by atoms with Crippen molar-refractivity contribution in [2.45, 2.75) is 27.2 Å². The number of halogens is 2. The highest BCUT2D eigenvalue weighted by atomic mass is 128. The Morgan fingerprint density at radius 1 is 1.56 bits per heavy atom. The number of Topliss-reactive ketones (excluding diaryl/α,β-unsaturated/α-hetero) is 1. The Balaban J connectivity index is 0. The van der Waals surface area contributed by atoms with Crippen LogP contribution in [-0.2, 0) is 4.79 Å². The second-order valence-electron chi connectivity index (χ2n) is 1.92. The lowest BCUT2D eigenvalue weighted by Crippen LogP contribution is -2.03. The van der Waals surface area contributed by atoms with E-state index >= 15 is 0 Å². The van der Waals surface area contributed by atoms with Gasteiger partial charge in [-0.1, -0.05) is 13.8 Å². The van der Waals surface area contributed by atoms with Gasteiger partial charge in [0.2, 0.25) is 0 Å². The third-order valence-electron chi connectivity index (χ3n) is 1.31. The summed E-state index contributed by atoms with van der Waals surface area (Å²) in [7, 11) is 0. The molecule has 0 bridgehead atoms. The molecule has 0 saturated heterocycles. The summed E-state index contributed by atoms with van der Waals surface area (Å²) in [5, 5.41) is 0. The molecule has 0 aliphatic carbocycles. The van der Waals surface area contributed by atoms with Crippen LogP contribution in [0.15, 0.2) is 0 Å². The first-order valence-electron chi connectivity index (χ1n) is 2.83. The van der Waals surface area contributed by atoms with Gasteiger partial charge < -0.3 is 0 Å². The predicted molar refractivity (Wildman–Crippen MR) is 58.2 cm³/mol. The highest BCUT2D eigenvalue weighted by Gasteiger charge is 2.01. The minimum atomic E-state index is 0.264. The summed E-state index contributed by atoms with van der Waals surface area (Å²) in [6, 6.07) is 0. The molecule has 0 aromatic heterocycles. The Kier molecular flexibility index (Phi) is 13.0. The topological polar surface area (TPSA) is 17.1 Å². The number of rotatable bonds is 2. The minimum Gasteiger partial charge on any atom is -0.300 e. The lowest BCUT2D eigenvalue weighted by Gasteiger charge is -1.98. The van der Waals surface area contributed by atoms with Crippen molar-refractivity contribution in [3.05, 3.63) is 0 Å². The fourth-order valence-electron chi connectivity index (χ4n) is 0.287. The van der Waals surface area contributed by atoms with Gasteiger partial charge in [0, 0.05) is 43.1 Å². The summed E-state index contributed by atoms with van der Waals surface area (Å²) in [5.74, 6) is 0.558. The monoisotopic (exact) mass is 354 g/mol. The maximum atomic E-state index is 10.4. The molecule has 0 aromatic carbocycles. The molecule has 0 aliphatic rings. The average Bonchev–Trinajstić information content (AvgIpc) is 1.91. The summed E-state index contributed by atoms with van der Waals surface area (Å²) in [6.07, 6.45) is 0.968. The summed E-state index contributed by atoms with van der Waals surface area (Å²) >= 11 is 4.24. The van der Waals surface area contributed by atoms with E-state index in [1.807, 2.05) is 13.8 Å². The van der Waals surface area contributed by atoms with Crippen LogP contribution in [0.4, 0.5) is 0 Å². The van der Waals surface area contributed by atoms with Crippen LogP contribution in [-0.4, -0.2) is 5.78 Å². The molecule has 0 radical (unpaired) electrons. The summed E-state index contributed by atoms with van der Waals surface area (Å²) in [6.45, 7) is 5.60. The first-order valence-corrected chi connectivity index (χ1v) is 9.11. The van der Waals surface area contributed by atoms with E-state index in [4.69, 9.17) is 0 Å². The first kappa shape index (κ1) is 12.8. The fourth-order valence-corrected chi connectivity index (χ4v) is 0.287. The van der Waals surface area contributed by atoms with Crippen LogP contribution in [0.5, 0.6) is 0 Å². The SMILES string of the molecule is CCC(C)C(C)=O.II. The lowest BCUT2D eigenvalue weighted by atomic mass is 10.1. The third-order valence-corrected chi connectivity index (χ3v) is 1.31. The minimum absolute atomic E-state index is 0.264. The van der Waals surface area contributed by atoms with Crippen molar-refractivity contribution in [2.24, 2.45) is 5.92 Å². The van der Waals surface area contributed by atoms with Gasteiger partial charge in [-0.25, -0.2) is 0 Å². The van der Waals surface area contributed by atoms with Gasteiger partial charge in [-0.2, -0.15) is 0 Å². The quantitative estimate of drug-likeness (QED) is 0.695. The van der Waals surface area contributed by atoms with Crippen LogP contribution in [0.25, 0.3) is 0 Å². The molecule has 1 nitrogen and oxygen atoms in total. The molecule has 0 amide bonds. The van der Waals surface area contributed by atoms with E-state index in [2.05, 4.69) is 37.2 Å². The van der Waals surface area contributed by atoms with Gasteiger partial charge in [-0.05, 0) is 13.3 Å². The Labute approximate surface area is 80.3 Å². The molecule has 9 heavy (non-hydrogen) atoms. The van der Waals surface area contributed by atoms with E-state index < -0.39 is 0 Å². The second kappa shape index (κ2) is 9.13. The van der Waals surface area contributed by atoms with Crippen molar-refractivity contribution in [3.63, 3.8) is 0 Å². The van der Waals surface area contributed by atoms with Crippen LogP contribution in [0.3, 0.4) is 0 Å². The highest BCUT2D eigenvalue weighted by molar-refractivity contribution is 15.0. The molecule has 56 valence electrons.